The number of carbonyl (C=O) groups excluding carboxylic acids is 2. The molecule has 4 aromatic rings. The lowest BCUT2D eigenvalue weighted by Crippen LogP contribution is -2.37. The van der Waals surface area contributed by atoms with E-state index in [0.717, 1.165) is 5.56 Å². The van der Waals surface area contributed by atoms with Crippen molar-refractivity contribution in [3.8, 4) is 11.5 Å². The van der Waals surface area contributed by atoms with Crippen LogP contribution in [-0.4, -0.2) is 28.2 Å². The first-order valence-corrected chi connectivity index (χ1v) is 11.0. The zero-order valence-corrected chi connectivity index (χ0v) is 18.9. The fourth-order valence-electron chi connectivity index (χ4n) is 3.93. The Morgan fingerprint density at radius 1 is 1.00 bits per heavy atom. The second kappa shape index (κ2) is 9.30. The number of hydrogen-bond donors (Lipinski definition) is 1. The summed E-state index contributed by atoms with van der Waals surface area (Å²) in [7, 11) is 0. The third-order valence-electron chi connectivity index (χ3n) is 5.61. The molecule has 35 heavy (non-hydrogen) atoms. The SMILES string of the molecule is CC(=O)N(Cc1ccccc1)c1nc2ccccc2n(CC(=O)Nc2ccc3c(c2)OCO3)c1=O. The van der Waals surface area contributed by atoms with Crippen LogP contribution in [0.4, 0.5) is 11.5 Å². The van der Waals surface area contributed by atoms with Crippen LogP contribution >= 0.6 is 0 Å². The van der Waals surface area contributed by atoms with Gasteiger partial charge in [-0.15, -0.1) is 0 Å². The number of nitrogens with zero attached hydrogens (tertiary/aromatic N) is 3. The van der Waals surface area contributed by atoms with Gasteiger partial charge in [0.2, 0.25) is 24.4 Å². The van der Waals surface area contributed by atoms with Crippen molar-refractivity contribution < 1.29 is 19.1 Å². The average Bonchev–Trinajstić information content (AvgIpc) is 3.33. The third kappa shape index (κ3) is 4.56. The molecule has 2 heterocycles. The molecule has 1 aliphatic heterocycles. The highest BCUT2D eigenvalue weighted by Gasteiger charge is 2.22. The molecule has 1 aliphatic rings. The molecule has 0 aliphatic carbocycles. The van der Waals surface area contributed by atoms with Crippen LogP contribution in [-0.2, 0) is 22.7 Å². The van der Waals surface area contributed by atoms with Crippen molar-refractivity contribution in [3.05, 3.63) is 88.7 Å². The number of ether oxygens (including phenoxy) is 2. The van der Waals surface area contributed by atoms with Crippen LogP contribution in [0.3, 0.4) is 0 Å². The van der Waals surface area contributed by atoms with Crippen LogP contribution in [0.25, 0.3) is 11.0 Å². The fraction of sp³-hybridized carbons (Fsp3) is 0.154. The summed E-state index contributed by atoms with van der Waals surface area (Å²) in [5.41, 5.74) is 1.82. The van der Waals surface area contributed by atoms with E-state index in [2.05, 4.69) is 10.3 Å². The number of carbonyl (C=O) groups is 2. The monoisotopic (exact) mass is 470 g/mol. The van der Waals surface area contributed by atoms with Crippen LogP contribution in [0.15, 0.2) is 77.6 Å². The number of benzene rings is 3. The second-order valence-electron chi connectivity index (χ2n) is 8.02. The molecule has 176 valence electrons. The van der Waals surface area contributed by atoms with Gasteiger partial charge in [0.1, 0.15) is 6.54 Å². The minimum absolute atomic E-state index is 0.0315. The van der Waals surface area contributed by atoms with E-state index in [4.69, 9.17) is 9.47 Å². The van der Waals surface area contributed by atoms with E-state index >= 15 is 0 Å². The summed E-state index contributed by atoms with van der Waals surface area (Å²) >= 11 is 0. The molecule has 9 heteroatoms. The Hall–Kier alpha value is -4.66. The standard InChI is InChI=1S/C26H22N4O5/c1-17(31)29(14-18-7-3-2-4-8-18)25-26(33)30(21-10-6-5-9-20(21)28-25)15-24(32)27-19-11-12-22-23(13-19)35-16-34-22/h2-13H,14-16H2,1H3,(H,27,32). The summed E-state index contributed by atoms with van der Waals surface area (Å²) in [4.78, 5) is 44.9. The average molecular weight is 470 g/mol. The lowest BCUT2D eigenvalue weighted by molar-refractivity contribution is -0.117. The second-order valence-corrected chi connectivity index (χ2v) is 8.02. The van der Waals surface area contributed by atoms with Gasteiger partial charge in [-0.2, -0.15) is 0 Å². The Kier molecular flexibility index (Phi) is 5.88. The quantitative estimate of drug-likeness (QED) is 0.464. The minimum Gasteiger partial charge on any atom is -0.454 e. The summed E-state index contributed by atoms with van der Waals surface area (Å²) in [6.07, 6.45) is 0. The number of nitrogens with one attached hydrogen (secondary N) is 1. The van der Waals surface area contributed by atoms with Crippen molar-refractivity contribution in [2.75, 3.05) is 17.0 Å². The van der Waals surface area contributed by atoms with Crippen molar-refractivity contribution >= 4 is 34.4 Å². The summed E-state index contributed by atoms with van der Waals surface area (Å²) in [6.45, 7) is 1.43. The molecule has 2 amide bonds. The number of hydrogen-bond acceptors (Lipinski definition) is 6. The number of para-hydroxylation sites is 2. The van der Waals surface area contributed by atoms with Crippen LogP contribution in [0.1, 0.15) is 12.5 Å². The number of amides is 2. The molecule has 0 fully saturated rings. The van der Waals surface area contributed by atoms with Crippen molar-refractivity contribution in [3.63, 3.8) is 0 Å². The van der Waals surface area contributed by atoms with E-state index in [9.17, 15) is 14.4 Å². The molecule has 9 nitrogen and oxygen atoms in total. The Bertz CT molecular complexity index is 1480. The molecule has 1 aromatic heterocycles. The first-order chi connectivity index (χ1) is 17.0. The number of aromatic nitrogens is 2. The Morgan fingerprint density at radius 2 is 1.74 bits per heavy atom. The van der Waals surface area contributed by atoms with Crippen molar-refractivity contribution in [1.82, 2.24) is 9.55 Å². The van der Waals surface area contributed by atoms with Gasteiger partial charge in [0, 0.05) is 18.7 Å². The smallest absolute Gasteiger partial charge is 0.294 e. The van der Waals surface area contributed by atoms with E-state index in [0.29, 0.717) is 28.2 Å². The fourth-order valence-corrected chi connectivity index (χ4v) is 3.93. The maximum absolute atomic E-state index is 13.6. The van der Waals surface area contributed by atoms with Gasteiger partial charge in [0.25, 0.3) is 5.56 Å². The number of anilines is 2. The maximum atomic E-state index is 13.6. The van der Waals surface area contributed by atoms with Gasteiger partial charge >= 0.3 is 0 Å². The van der Waals surface area contributed by atoms with Crippen LogP contribution in [0.5, 0.6) is 11.5 Å². The molecule has 3 aromatic carbocycles. The van der Waals surface area contributed by atoms with Crippen LogP contribution in [0.2, 0.25) is 0 Å². The minimum atomic E-state index is -0.532. The van der Waals surface area contributed by atoms with E-state index in [1.807, 2.05) is 30.3 Å². The Morgan fingerprint density at radius 3 is 2.54 bits per heavy atom. The normalized spacial score (nSPS) is 11.9. The van der Waals surface area contributed by atoms with Crippen molar-refractivity contribution in [1.29, 1.82) is 0 Å². The highest BCUT2D eigenvalue weighted by atomic mass is 16.7. The summed E-state index contributed by atoms with van der Waals surface area (Å²) < 4.78 is 12.0. The molecule has 1 N–H and O–H groups in total. The highest BCUT2D eigenvalue weighted by Crippen LogP contribution is 2.34. The van der Waals surface area contributed by atoms with Crippen LogP contribution < -0.4 is 25.2 Å². The third-order valence-corrected chi connectivity index (χ3v) is 5.61. The lowest BCUT2D eigenvalue weighted by atomic mass is 10.2. The zero-order chi connectivity index (χ0) is 24.4. The van der Waals surface area contributed by atoms with Gasteiger partial charge in [-0.25, -0.2) is 4.98 Å². The Balaban J connectivity index is 1.50. The van der Waals surface area contributed by atoms with Crippen molar-refractivity contribution in [2.45, 2.75) is 20.0 Å². The highest BCUT2D eigenvalue weighted by molar-refractivity contribution is 5.93. The van der Waals surface area contributed by atoms with E-state index < -0.39 is 11.5 Å². The predicted molar refractivity (Wildman–Crippen MR) is 131 cm³/mol. The first kappa shape index (κ1) is 22.1. The molecule has 5 rings (SSSR count). The summed E-state index contributed by atoms with van der Waals surface area (Å²) in [5.74, 6) is 0.369. The summed E-state index contributed by atoms with van der Waals surface area (Å²) in [5, 5.41) is 2.79. The topological polar surface area (TPSA) is 103 Å². The predicted octanol–water partition coefficient (Wildman–Crippen LogP) is 3.32. The van der Waals surface area contributed by atoms with Gasteiger partial charge < -0.3 is 14.8 Å². The van der Waals surface area contributed by atoms with Gasteiger partial charge in [0.15, 0.2) is 11.5 Å². The zero-order valence-electron chi connectivity index (χ0n) is 18.9. The number of rotatable bonds is 6. The Labute approximate surface area is 200 Å². The van der Waals surface area contributed by atoms with Gasteiger partial charge in [0.05, 0.1) is 17.6 Å². The molecule has 0 spiro atoms. The maximum Gasteiger partial charge on any atom is 0.294 e. The molecule has 0 atom stereocenters. The first-order valence-electron chi connectivity index (χ1n) is 11.0. The van der Waals surface area contributed by atoms with E-state index in [1.165, 1.54) is 16.4 Å². The van der Waals surface area contributed by atoms with E-state index in [1.54, 1.807) is 42.5 Å². The molecule has 0 bridgehead atoms. The molecule has 0 radical (unpaired) electrons. The largest absolute Gasteiger partial charge is 0.454 e. The molecule has 0 saturated carbocycles. The molecule has 0 unspecified atom stereocenters. The van der Waals surface area contributed by atoms with Crippen molar-refractivity contribution in [2.24, 2.45) is 0 Å². The van der Waals surface area contributed by atoms with Gasteiger partial charge in [-0.05, 0) is 29.8 Å². The summed E-state index contributed by atoms with van der Waals surface area (Å²) in [6, 6.07) is 21.4. The lowest BCUT2D eigenvalue weighted by Gasteiger charge is -2.21. The van der Waals surface area contributed by atoms with Gasteiger partial charge in [-0.3, -0.25) is 23.9 Å². The van der Waals surface area contributed by atoms with E-state index in [-0.39, 0.29) is 31.6 Å². The molecular formula is C26H22N4O5. The molecule has 0 saturated heterocycles. The number of fused-ring (bicyclic) bond motifs is 2. The van der Waals surface area contributed by atoms with Crippen LogP contribution in [0, 0.1) is 0 Å². The molecular weight excluding hydrogens is 448 g/mol. The van der Waals surface area contributed by atoms with Gasteiger partial charge in [-0.1, -0.05) is 42.5 Å².